The Labute approximate surface area is 119 Å². The van der Waals surface area contributed by atoms with Crippen molar-refractivity contribution in [3.05, 3.63) is 57.7 Å². The molecule has 3 nitrogen and oxygen atoms in total. The molecule has 0 saturated carbocycles. The molecule has 0 bridgehead atoms. The normalized spacial score (nSPS) is 9.89. The molecule has 2 aromatic rings. The van der Waals surface area contributed by atoms with Gasteiger partial charge in [0.15, 0.2) is 0 Å². The summed E-state index contributed by atoms with van der Waals surface area (Å²) < 4.78 is 6.06. The zero-order chi connectivity index (χ0) is 13.0. The molecule has 0 aliphatic heterocycles. The first kappa shape index (κ1) is 12.9. The number of anilines is 1. The molecule has 0 heterocycles. The van der Waals surface area contributed by atoms with Gasteiger partial charge in [0.1, 0.15) is 5.75 Å². The van der Waals surface area contributed by atoms with Crippen LogP contribution < -0.4 is 10.1 Å². The van der Waals surface area contributed by atoms with Crippen molar-refractivity contribution >= 4 is 34.2 Å². The Balaban J connectivity index is 2.17. The Morgan fingerprint density at radius 3 is 2.50 bits per heavy atom. The first-order valence-electron chi connectivity index (χ1n) is 5.40. The summed E-state index contributed by atoms with van der Waals surface area (Å²) in [5.41, 5.74) is 1.43. The quantitative estimate of drug-likeness (QED) is 0.857. The van der Waals surface area contributed by atoms with E-state index in [1.165, 1.54) is 0 Å². The van der Waals surface area contributed by atoms with Crippen LogP contribution in [-0.2, 0) is 0 Å². The fourth-order valence-electron chi connectivity index (χ4n) is 1.51. The highest BCUT2D eigenvalue weighted by molar-refractivity contribution is 14.1. The van der Waals surface area contributed by atoms with Gasteiger partial charge in [-0.2, -0.15) is 0 Å². The minimum absolute atomic E-state index is 0.112. The first-order chi connectivity index (χ1) is 8.70. The fraction of sp³-hybridized carbons (Fsp3) is 0.0714. The molecule has 0 aromatic heterocycles. The molecule has 0 aliphatic carbocycles. The molecule has 0 unspecified atom stereocenters. The average Bonchev–Trinajstić information content (AvgIpc) is 2.42. The van der Waals surface area contributed by atoms with E-state index in [2.05, 4.69) is 27.9 Å². The van der Waals surface area contributed by atoms with Crippen molar-refractivity contribution in [1.29, 1.82) is 0 Å². The van der Waals surface area contributed by atoms with Crippen LogP contribution in [0.2, 0.25) is 0 Å². The molecule has 1 amide bonds. The summed E-state index contributed by atoms with van der Waals surface area (Å²) in [6.07, 6.45) is 0. The van der Waals surface area contributed by atoms with Crippen molar-refractivity contribution in [2.24, 2.45) is 0 Å². The lowest BCUT2D eigenvalue weighted by Crippen LogP contribution is -2.12. The lowest BCUT2D eigenvalue weighted by Gasteiger charge is -2.08. The number of hydrogen-bond donors (Lipinski definition) is 1. The number of carbonyl (C=O) groups is 1. The number of ether oxygens (including phenoxy) is 1. The van der Waals surface area contributed by atoms with E-state index < -0.39 is 0 Å². The van der Waals surface area contributed by atoms with E-state index in [4.69, 9.17) is 4.74 Å². The van der Waals surface area contributed by atoms with Crippen LogP contribution in [0.4, 0.5) is 5.69 Å². The summed E-state index contributed by atoms with van der Waals surface area (Å²) in [6.45, 7) is 0. The van der Waals surface area contributed by atoms with Crippen LogP contribution in [0.5, 0.6) is 5.75 Å². The molecule has 18 heavy (non-hydrogen) atoms. The van der Waals surface area contributed by atoms with Gasteiger partial charge in [0.05, 0.1) is 12.8 Å². The smallest absolute Gasteiger partial charge is 0.255 e. The molecule has 92 valence electrons. The van der Waals surface area contributed by atoms with Gasteiger partial charge in [-0.25, -0.2) is 0 Å². The van der Waals surface area contributed by atoms with Crippen molar-refractivity contribution in [2.45, 2.75) is 0 Å². The third-order valence-electron chi connectivity index (χ3n) is 2.46. The Hall–Kier alpha value is -1.56. The van der Waals surface area contributed by atoms with Crippen molar-refractivity contribution in [2.75, 3.05) is 12.4 Å². The summed E-state index contributed by atoms with van der Waals surface area (Å²) >= 11 is 2.17. The van der Waals surface area contributed by atoms with Crippen LogP contribution in [0.3, 0.4) is 0 Å². The monoisotopic (exact) mass is 353 g/mol. The number of amides is 1. The number of methoxy groups -OCH3 is 1. The Morgan fingerprint density at radius 1 is 1.17 bits per heavy atom. The molecular weight excluding hydrogens is 341 g/mol. The Morgan fingerprint density at radius 2 is 1.89 bits per heavy atom. The maximum Gasteiger partial charge on any atom is 0.255 e. The zero-order valence-electron chi connectivity index (χ0n) is 9.81. The van der Waals surface area contributed by atoms with Crippen LogP contribution >= 0.6 is 22.6 Å². The molecular formula is C14H12INO2. The maximum atomic E-state index is 12.0. The average molecular weight is 353 g/mol. The number of rotatable bonds is 3. The molecule has 1 N–H and O–H groups in total. The third-order valence-corrected chi connectivity index (χ3v) is 3.35. The number of halogens is 1. The van der Waals surface area contributed by atoms with Crippen LogP contribution in [0.15, 0.2) is 48.5 Å². The Bertz CT molecular complexity index is 555. The largest absolute Gasteiger partial charge is 0.497 e. The first-order valence-corrected chi connectivity index (χ1v) is 6.48. The van der Waals surface area contributed by atoms with Gasteiger partial charge in [0.25, 0.3) is 5.91 Å². The number of benzene rings is 2. The SMILES string of the molecule is COc1ccc(NC(=O)c2ccccc2)c(I)c1. The molecule has 0 spiro atoms. The summed E-state index contributed by atoms with van der Waals surface area (Å²) in [4.78, 5) is 12.0. The maximum absolute atomic E-state index is 12.0. The van der Waals surface area contributed by atoms with Crippen LogP contribution in [0, 0.1) is 3.57 Å². The van der Waals surface area contributed by atoms with Gasteiger partial charge in [0, 0.05) is 9.13 Å². The summed E-state index contributed by atoms with van der Waals surface area (Å²) in [7, 11) is 1.62. The molecule has 0 aliphatic rings. The molecule has 2 aromatic carbocycles. The van der Waals surface area contributed by atoms with E-state index in [-0.39, 0.29) is 5.91 Å². The van der Waals surface area contributed by atoms with E-state index in [1.54, 1.807) is 19.2 Å². The number of nitrogens with one attached hydrogen (secondary N) is 1. The second-order valence-electron chi connectivity index (χ2n) is 3.67. The zero-order valence-corrected chi connectivity index (χ0v) is 12.0. The molecule has 0 atom stereocenters. The molecule has 2 rings (SSSR count). The van der Waals surface area contributed by atoms with E-state index in [9.17, 15) is 4.79 Å². The van der Waals surface area contributed by atoms with Gasteiger partial charge >= 0.3 is 0 Å². The summed E-state index contributed by atoms with van der Waals surface area (Å²) in [5.74, 6) is 0.663. The summed E-state index contributed by atoms with van der Waals surface area (Å²) in [6, 6.07) is 14.7. The van der Waals surface area contributed by atoms with Gasteiger partial charge in [-0.05, 0) is 52.9 Å². The van der Waals surface area contributed by atoms with Gasteiger partial charge in [0.2, 0.25) is 0 Å². The lowest BCUT2D eigenvalue weighted by molar-refractivity contribution is 0.102. The van der Waals surface area contributed by atoms with Crippen LogP contribution in [0.25, 0.3) is 0 Å². The van der Waals surface area contributed by atoms with Crippen molar-refractivity contribution in [3.8, 4) is 5.75 Å². The standard InChI is InChI=1S/C14H12INO2/c1-18-11-7-8-13(12(15)9-11)16-14(17)10-5-3-2-4-6-10/h2-9H,1H3,(H,16,17). The van der Waals surface area contributed by atoms with Crippen LogP contribution in [0.1, 0.15) is 10.4 Å². The minimum Gasteiger partial charge on any atom is -0.497 e. The van der Waals surface area contributed by atoms with Crippen molar-refractivity contribution in [1.82, 2.24) is 0 Å². The van der Waals surface area contributed by atoms with E-state index in [0.29, 0.717) is 5.56 Å². The topological polar surface area (TPSA) is 38.3 Å². The highest BCUT2D eigenvalue weighted by Crippen LogP contribution is 2.24. The molecule has 0 fully saturated rings. The predicted molar refractivity (Wildman–Crippen MR) is 80.1 cm³/mol. The Kier molecular flexibility index (Phi) is 4.19. The molecule has 0 saturated heterocycles. The van der Waals surface area contributed by atoms with Crippen LogP contribution in [-0.4, -0.2) is 13.0 Å². The van der Waals surface area contributed by atoms with Crippen molar-refractivity contribution in [3.63, 3.8) is 0 Å². The fourth-order valence-corrected chi connectivity index (χ4v) is 2.13. The van der Waals surface area contributed by atoms with Gasteiger partial charge < -0.3 is 10.1 Å². The van der Waals surface area contributed by atoms with Crippen molar-refractivity contribution < 1.29 is 9.53 Å². The van der Waals surface area contributed by atoms with E-state index in [1.807, 2.05) is 36.4 Å². The number of carbonyl (C=O) groups excluding carboxylic acids is 1. The second kappa shape index (κ2) is 5.86. The molecule has 4 heteroatoms. The summed E-state index contributed by atoms with van der Waals surface area (Å²) in [5, 5.41) is 2.88. The van der Waals surface area contributed by atoms with Gasteiger partial charge in [-0.15, -0.1) is 0 Å². The highest BCUT2D eigenvalue weighted by Gasteiger charge is 2.08. The minimum atomic E-state index is -0.112. The molecule has 0 radical (unpaired) electrons. The van der Waals surface area contributed by atoms with Gasteiger partial charge in [-0.1, -0.05) is 18.2 Å². The highest BCUT2D eigenvalue weighted by atomic mass is 127. The van der Waals surface area contributed by atoms with E-state index >= 15 is 0 Å². The van der Waals surface area contributed by atoms with Gasteiger partial charge in [-0.3, -0.25) is 4.79 Å². The second-order valence-corrected chi connectivity index (χ2v) is 4.83. The van der Waals surface area contributed by atoms with E-state index in [0.717, 1.165) is 15.0 Å². The predicted octanol–water partition coefficient (Wildman–Crippen LogP) is 3.55. The lowest BCUT2D eigenvalue weighted by atomic mass is 10.2. The third kappa shape index (κ3) is 3.01. The number of hydrogen-bond acceptors (Lipinski definition) is 2.